The lowest BCUT2D eigenvalue weighted by molar-refractivity contribution is 0.0725. The number of piperidine rings is 1. The Morgan fingerprint density at radius 1 is 0.767 bits per heavy atom. The summed E-state index contributed by atoms with van der Waals surface area (Å²) in [5.41, 5.74) is 2.11. The Bertz CT molecular complexity index is 1140. The van der Waals surface area contributed by atoms with Crippen molar-refractivity contribution in [3.05, 3.63) is 84.4 Å². The van der Waals surface area contributed by atoms with E-state index in [-0.39, 0.29) is 10.8 Å². The van der Waals surface area contributed by atoms with Gasteiger partial charge in [0.05, 0.1) is 16.1 Å². The van der Waals surface area contributed by atoms with E-state index in [0.717, 1.165) is 24.8 Å². The molecule has 0 aromatic heterocycles. The highest BCUT2D eigenvalue weighted by molar-refractivity contribution is 7.92. The molecule has 0 radical (unpaired) electrons. The Kier molecular flexibility index (Phi) is 5.86. The summed E-state index contributed by atoms with van der Waals surface area (Å²) in [6.45, 7) is 1.41. The molecule has 1 heterocycles. The molecule has 1 aliphatic heterocycles. The van der Waals surface area contributed by atoms with Crippen molar-refractivity contribution >= 4 is 21.6 Å². The van der Waals surface area contributed by atoms with Crippen molar-refractivity contribution in [2.45, 2.75) is 24.2 Å². The van der Waals surface area contributed by atoms with Crippen LogP contribution in [0, 0.1) is 0 Å². The SMILES string of the molecule is O=C(c1ccccc1NS(=O)(=O)c1ccccc1-c1ccccc1)N1CCCCC1. The van der Waals surface area contributed by atoms with Crippen molar-refractivity contribution in [3.63, 3.8) is 0 Å². The Morgan fingerprint density at radius 2 is 1.40 bits per heavy atom. The minimum Gasteiger partial charge on any atom is -0.339 e. The van der Waals surface area contributed by atoms with Gasteiger partial charge in [0, 0.05) is 18.7 Å². The van der Waals surface area contributed by atoms with Gasteiger partial charge < -0.3 is 4.90 Å². The van der Waals surface area contributed by atoms with Gasteiger partial charge in [0.25, 0.3) is 15.9 Å². The number of sulfonamides is 1. The molecule has 0 bridgehead atoms. The van der Waals surface area contributed by atoms with Crippen LogP contribution in [0.4, 0.5) is 5.69 Å². The van der Waals surface area contributed by atoms with E-state index in [4.69, 9.17) is 0 Å². The molecule has 0 spiro atoms. The number of para-hydroxylation sites is 1. The quantitative estimate of drug-likeness (QED) is 0.646. The van der Waals surface area contributed by atoms with Crippen LogP contribution >= 0.6 is 0 Å². The third-order valence-electron chi connectivity index (χ3n) is 5.31. The summed E-state index contributed by atoms with van der Waals surface area (Å²) in [4.78, 5) is 15.0. The van der Waals surface area contributed by atoms with Crippen molar-refractivity contribution in [2.75, 3.05) is 17.8 Å². The molecule has 1 amide bonds. The number of hydrogen-bond acceptors (Lipinski definition) is 3. The van der Waals surface area contributed by atoms with Crippen LogP contribution in [0.3, 0.4) is 0 Å². The summed E-state index contributed by atoms with van der Waals surface area (Å²) < 4.78 is 29.3. The van der Waals surface area contributed by atoms with E-state index in [1.807, 2.05) is 36.4 Å². The maximum atomic E-state index is 13.3. The molecule has 1 fully saturated rings. The Balaban J connectivity index is 1.68. The van der Waals surface area contributed by atoms with Crippen molar-refractivity contribution < 1.29 is 13.2 Å². The van der Waals surface area contributed by atoms with E-state index in [9.17, 15) is 13.2 Å². The third-order valence-corrected chi connectivity index (χ3v) is 6.73. The largest absolute Gasteiger partial charge is 0.339 e. The molecule has 5 nitrogen and oxygen atoms in total. The summed E-state index contributed by atoms with van der Waals surface area (Å²) in [6.07, 6.45) is 3.07. The van der Waals surface area contributed by atoms with Gasteiger partial charge in [-0.1, -0.05) is 60.7 Å². The maximum Gasteiger partial charge on any atom is 0.262 e. The fourth-order valence-electron chi connectivity index (χ4n) is 3.78. The molecule has 4 rings (SSSR count). The molecule has 3 aromatic carbocycles. The molecule has 1 aliphatic rings. The molecule has 0 unspecified atom stereocenters. The average molecular weight is 421 g/mol. The summed E-state index contributed by atoms with van der Waals surface area (Å²) in [7, 11) is -3.90. The molecule has 30 heavy (non-hydrogen) atoms. The van der Waals surface area contributed by atoms with E-state index in [1.165, 1.54) is 0 Å². The van der Waals surface area contributed by atoms with Gasteiger partial charge in [-0.15, -0.1) is 0 Å². The first kappa shape index (κ1) is 20.2. The molecule has 0 atom stereocenters. The van der Waals surface area contributed by atoms with Gasteiger partial charge in [-0.05, 0) is 43.0 Å². The van der Waals surface area contributed by atoms with Crippen molar-refractivity contribution in [1.82, 2.24) is 4.90 Å². The lowest BCUT2D eigenvalue weighted by Gasteiger charge is -2.27. The van der Waals surface area contributed by atoms with Crippen LogP contribution in [0.25, 0.3) is 11.1 Å². The Morgan fingerprint density at radius 3 is 2.17 bits per heavy atom. The molecule has 0 aliphatic carbocycles. The highest BCUT2D eigenvalue weighted by atomic mass is 32.2. The molecule has 3 aromatic rings. The number of likely N-dealkylation sites (tertiary alicyclic amines) is 1. The zero-order valence-corrected chi connectivity index (χ0v) is 17.4. The van der Waals surface area contributed by atoms with Gasteiger partial charge in [-0.3, -0.25) is 9.52 Å². The monoisotopic (exact) mass is 420 g/mol. The second kappa shape index (κ2) is 8.71. The van der Waals surface area contributed by atoms with E-state index in [2.05, 4.69) is 4.72 Å². The first-order valence-corrected chi connectivity index (χ1v) is 11.6. The van der Waals surface area contributed by atoms with Crippen molar-refractivity contribution in [1.29, 1.82) is 0 Å². The molecule has 1 saturated heterocycles. The average Bonchev–Trinajstić information content (AvgIpc) is 2.80. The maximum absolute atomic E-state index is 13.3. The smallest absolute Gasteiger partial charge is 0.262 e. The highest BCUT2D eigenvalue weighted by Crippen LogP contribution is 2.29. The van der Waals surface area contributed by atoms with Crippen LogP contribution in [0.2, 0.25) is 0 Å². The number of hydrogen-bond donors (Lipinski definition) is 1. The van der Waals surface area contributed by atoms with Gasteiger partial charge in [0.1, 0.15) is 0 Å². The van der Waals surface area contributed by atoms with Crippen LogP contribution in [-0.4, -0.2) is 32.3 Å². The number of nitrogens with zero attached hydrogens (tertiary/aromatic N) is 1. The third kappa shape index (κ3) is 4.24. The fourth-order valence-corrected chi connectivity index (χ4v) is 5.09. The van der Waals surface area contributed by atoms with Crippen LogP contribution in [0.1, 0.15) is 29.6 Å². The van der Waals surface area contributed by atoms with E-state index in [1.54, 1.807) is 47.4 Å². The summed E-state index contributed by atoms with van der Waals surface area (Å²) in [5.74, 6) is -0.135. The highest BCUT2D eigenvalue weighted by Gasteiger charge is 2.24. The van der Waals surface area contributed by atoms with E-state index >= 15 is 0 Å². The zero-order valence-electron chi connectivity index (χ0n) is 16.6. The summed E-state index contributed by atoms with van der Waals surface area (Å²) in [5, 5.41) is 0. The van der Waals surface area contributed by atoms with Gasteiger partial charge in [0.2, 0.25) is 0 Å². The fraction of sp³-hybridized carbons (Fsp3) is 0.208. The number of rotatable bonds is 5. The second-order valence-electron chi connectivity index (χ2n) is 7.37. The standard InChI is InChI=1S/C24H24N2O3S/c27-24(26-17-9-2-10-18-26)21-14-5-7-15-22(21)25-30(28,29)23-16-8-6-13-20(23)19-11-3-1-4-12-19/h1,3-8,11-16,25H,2,9-10,17-18H2. The van der Waals surface area contributed by atoms with Crippen LogP contribution in [0.5, 0.6) is 0 Å². The van der Waals surface area contributed by atoms with E-state index in [0.29, 0.717) is 29.9 Å². The molecule has 6 heteroatoms. The minimum atomic E-state index is -3.90. The first-order chi connectivity index (χ1) is 14.6. The van der Waals surface area contributed by atoms with Gasteiger partial charge in [-0.2, -0.15) is 0 Å². The number of benzene rings is 3. The molecular weight excluding hydrogens is 396 g/mol. The van der Waals surface area contributed by atoms with Gasteiger partial charge in [0.15, 0.2) is 0 Å². The zero-order chi connectivity index (χ0) is 21.0. The lowest BCUT2D eigenvalue weighted by atomic mass is 10.1. The molecule has 0 saturated carbocycles. The first-order valence-electron chi connectivity index (χ1n) is 10.1. The summed E-state index contributed by atoms with van der Waals surface area (Å²) in [6, 6.07) is 23.1. The minimum absolute atomic E-state index is 0.135. The van der Waals surface area contributed by atoms with Crippen molar-refractivity contribution in [3.8, 4) is 11.1 Å². The van der Waals surface area contributed by atoms with Gasteiger partial charge in [-0.25, -0.2) is 8.42 Å². The van der Waals surface area contributed by atoms with Crippen molar-refractivity contribution in [2.24, 2.45) is 0 Å². The number of nitrogens with one attached hydrogen (secondary N) is 1. The van der Waals surface area contributed by atoms with Crippen LogP contribution in [-0.2, 0) is 10.0 Å². The van der Waals surface area contributed by atoms with E-state index < -0.39 is 10.0 Å². The second-order valence-corrected chi connectivity index (χ2v) is 9.02. The topological polar surface area (TPSA) is 66.5 Å². The number of anilines is 1. The van der Waals surface area contributed by atoms with Gasteiger partial charge >= 0.3 is 0 Å². The lowest BCUT2D eigenvalue weighted by Crippen LogP contribution is -2.36. The number of carbonyl (C=O) groups is 1. The number of amides is 1. The molecule has 154 valence electrons. The Hall–Kier alpha value is -3.12. The van der Waals surface area contributed by atoms with Crippen LogP contribution < -0.4 is 4.72 Å². The molecule has 1 N–H and O–H groups in total. The number of carbonyl (C=O) groups excluding carboxylic acids is 1. The molecular formula is C24H24N2O3S. The normalized spacial score (nSPS) is 14.3. The summed E-state index contributed by atoms with van der Waals surface area (Å²) >= 11 is 0. The Labute approximate surface area is 177 Å². The van der Waals surface area contributed by atoms with Crippen LogP contribution in [0.15, 0.2) is 83.8 Å². The predicted molar refractivity (Wildman–Crippen MR) is 119 cm³/mol. The predicted octanol–water partition coefficient (Wildman–Crippen LogP) is 4.78.